The zero-order valence-electron chi connectivity index (χ0n) is 39.4. The number of aromatic nitrogens is 3. The first kappa shape index (κ1) is 40.5. The molecule has 4 nitrogen and oxygen atoms in total. The largest absolute Gasteiger partial charge is 0.333 e. The minimum Gasteiger partial charge on any atom is -0.333 e. The molecule has 0 N–H and O–H groups in total. The van der Waals surface area contributed by atoms with Gasteiger partial charge in [-0.25, -0.2) is 5.26 Å². The van der Waals surface area contributed by atoms with Gasteiger partial charge in [-0.05, 0) is 86.7 Å². The number of thiophene rings is 1. The Balaban J connectivity index is 0.000000197. The number of imidazole rings is 1. The number of fused-ring (bicyclic) bond motifs is 4. The van der Waals surface area contributed by atoms with Gasteiger partial charge in [-0.15, -0.1) is 48.0 Å². The number of nitrogens with zero attached hydrogens (tertiary/aromatic N) is 4. The Morgan fingerprint density at radius 2 is 1.47 bits per heavy atom. The van der Waals surface area contributed by atoms with Crippen LogP contribution in [0.25, 0.3) is 81.8 Å². The van der Waals surface area contributed by atoms with Crippen molar-refractivity contribution in [2.75, 3.05) is 0 Å². The number of nitriles is 1. The number of benzene rings is 7. The molecule has 0 aliphatic carbocycles. The van der Waals surface area contributed by atoms with Crippen LogP contribution in [0.3, 0.4) is 0 Å². The molecule has 0 saturated heterocycles. The molecule has 64 heavy (non-hydrogen) atoms. The molecule has 0 fully saturated rings. The topological polar surface area (TPSA) is 54.5 Å². The van der Waals surface area contributed by atoms with Crippen LogP contribution in [0.1, 0.15) is 34.8 Å². The van der Waals surface area contributed by atoms with Gasteiger partial charge in [-0.1, -0.05) is 159 Å². The molecule has 3 heterocycles. The fraction of sp³-hybridized carbons (Fsp3) is 0.140. The fourth-order valence-corrected chi connectivity index (χ4v) is 11.7. The molecule has 10 rings (SSSR count). The summed E-state index contributed by atoms with van der Waals surface area (Å²) in [5.74, 6) is 1.32. The summed E-state index contributed by atoms with van der Waals surface area (Å²) in [4.78, 5) is 9.78. The van der Waals surface area contributed by atoms with Crippen molar-refractivity contribution in [2.24, 2.45) is 5.92 Å². The van der Waals surface area contributed by atoms with Crippen LogP contribution in [-0.4, -0.2) is 22.6 Å². The number of aryl methyl sites for hydroxylation is 1. The summed E-state index contributed by atoms with van der Waals surface area (Å²) in [7, 11) is -1.91. The summed E-state index contributed by atoms with van der Waals surface area (Å²) in [6.07, 6.45) is 0.814. The number of rotatable bonds is 8. The second-order valence-electron chi connectivity index (χ2n) is 17.3. The van der Waals surface area contributed by atoms with Crippen LogP contribution in [0.15, 0.2) is 164 Å². The maximum absolute atomic E-state index is 8.96. The molecule has 0 unspecified atom stereocenters. The number of hydrogen-bond acceptors (Lipinski definition) is 4. The van der Waals surface area contributed by atoms with Crippen molar-refractivity contribution >= 4 is 55.8 Å². The van der Waals surface area contributed by atoms with E-state index >= 15 is 0 Å². The van der Waals surface area contributed by atoms with E-state index in [9.17, 15) is 0 Å². The smallest absolute Gasteiger partial charge is 0.0802 e. The molecule has 0 spiro atoms. The van der Waals surface area contributed by atoms with E-state index in [2.05, 4.69) is 195 Å². The van der Waals surface area contributed by atoms with Crippen molar-refractivity contribution in [3.63, 3.8) is 0 Å². The molecule has 1 radical (unpaired) electrons. The van der Waals surface area contributed by atoms with E-state index in [0.29, 0.717) is 22.7 Å². The van der Waals surface area contributed by atoms with Gasteiger partial charge in [-0.3, -0.25) is 4.98 Å². The van der Waals surface area contributed by atoms with Crippen LogP contribution in [0.5, 0.6) is 0 Å². The maximum atomic E-state index is 8.96. The molecular formula is C57H48IrN4SSi-2. The third-order valence-corrected chi connectivity index (χ3v) is 14.5. The minimum atomic E-state index is -2.26. The van der Waals surface area contributed by atoms with Gasteiger partial charge in [0.15, 0.2) is 0 Å². The first-order valence-corrected chi connectivity index (χ1v) is 25.6. The molecule has 0 bridgehead atoms. The van der Waals surface area contributed by atoms with E-state index < -0.39 is 14.9 Å². The summed E-state index contributed by atoms with van der Waals surface area (Å²) in [6.45, 7) is 8.50. The Morgan fingerprint density at radius 1 is 0.750 bits per heavy atom. The molecule has 7 aromatic carbocycles. The summed E-state index contributed by atoms with van der Waals surface area (Å²) in [5, 5.41) is 12.4. The average molecular weight is 1040 g/mol. The van der Waals surface area contributed by atoms with Crippen molar-refractivity contribution in [3.8, 4) is 56.7 Å². The monoisotopic (exact) mass is 1040 g/mol. The van der Waals surface area contributed by atoms with Crippen molar-refractivity contribution in [2.45, 2.75) is 46.8 Å². The van der Waals surface area contributed by atoms with E-state index in [0.717, 1.165) is 45.3 Å². The van der Waals surface area contributed by atoms with E-state index in [-0.39, 0.29) is 25.8 Å². The molecule has 0 aliphatic rings. The molecule has 0 saturated carbocycles. The van der Waals surface area contributed by atoms with Crippen LogP contribution in [0.2, 0.25) is 19.6 Å². The molecule has 317 valence electrons. The predicted molar refractivity (Wildman–Crippen MR) is 269 cm³/mol. The van der Waals surface area contributed by atoms with Gasteiger partial charge in [0.2, 0.25) is 0 Å². The summed E-state index contributed by atoms with van der Waals surface area (Å²) in [5.41, 5.74) is 12.1. The third kappa shape index (κ3) is 8.93. The van der Waals surface area contributed by atoms with Crippen LogP contribution < -0.4 is 5.19 Å². The third-order valence-electron chi connectivity index (χ3n) is 11.3. The quantitative estimate of drug-likeness (QED) is 0.113. The molecule has 3 aromatic heterocycles. The first-order valence-electron chi connectivity index (χ1n) is 22.8. The van der Waals surface area contributed by atoms with E-state index in [4.69, 9.17) is 14.4 Å². The Hall–Kier alpha value is -6.26. The average Bonchev–Trinajstić information content (AvgIpc) is 3.90. The van der Waals surface area contributed by atoms with Crippen molar-refractivity contribution in [3.05, 3.63) is 193 Å². The van der Waals surface area contributed by atoms with Crippen LogP contribution in [-0.2, 0) is 26.5 Å². The second-order valence-corrected chi connectivity index (χ2v) is 23.3. The first-order chi connectivity index (χ1) is 31.8. The number of pyridine rings is 1. The molecule has 0 atom stereocenters. The van der Waals surface area contributed by atoms with Crippen LogP contribution >= 0.6 is 11.3 Å². The summed E-state index contributed by atoms with van der Waals surface area (Å²) >= 11 is 1.82. The normalized spacial score (nSPS) is 12.2. The van der Waals surface area contributed by atoms with Crippen molar-refractivity contribution in [1.82, 2.24) is 14.5 Å². The van der Waals surface area contributed by atoms with Gasteiger partial charge < -0.3 is 9.55 Å². The Kier molecular flexibility index (Phi) is 11.9. The summed E-state index contributed by atoms with van der Waals surface area (Å²) in [6, 6.07) is 65.0. The number of hydrogen-bond donors (Lipinski definition) is 0. The molecule has 0 aliphatic heterocycles. The van der Waals surface area contributed by atoms with E-state index in [1.54, 1.807) is 18.2 Å². The zero-order chi connectivity index (χ0) is 46.2. The number of para-hydroxylation sites is 3. The van der Waals surface area contributed by atoms with Gasteiger partial charge in [0.1, 0.15) is 0 Å². The van der Waals surface area contributed by atoms with Gasteiger partial charge >= 0.3 is 0 Å². The van der Waals surface area contributed by atoms with E-state index in [1.165, 1.54) is 42.4 Å². The molecule has 7 heteroatoms. The van der Waals surface area contributed by atoms with Gasteiger partial charge in [0.05, 0.1) is 24.9 Å². The van der Waals surface area contributed by atoms with Crippen molar-refractivity contribution in [1.29, 1.82) is 5.26 Å². The van der Waals surface area contributed by atoms with Gasteiger partial charge in [-0.2, -0.15) is 11.3 Å². The fourth-order valence-electron chi connectivity index (χ4n) is 8.51. The van der Waals surface area contributed by atoms with Gasteiger partial charge in [0, 0.05) is 51.9 Å². The molecular weight excluding hydrogens is 993 g/mol. The zero-order valence-corrected chi connectivity index (χ0v) is 40.6. The Bertz CT molecular complexity index is 3400. The van der Waals surface area contributed by atoms with Crippen molar-refractivity contribution < 1.29 is 24.2 Å². The summed E-state index contributed by atoms with van der Waals surface area (Å²) < 4.78 is 28.9. The van der Waals surface area contributed by atoms with E-state index in [1.807, 2.05) is 23.5 Å². The Labute approximate surface area is 399 Å². The van der Waals surface area contributed by atoms with Gasteiger partial charge in [0.25, 0.3) is 0 Å². The SMILES string of the molecule is [2H]C([2H])([2H])c1nc(-c2[c-]cc(C#N)cc2)cc(CC(C)C)c1[Si](C)(C)C.[Ir].[c-]1ccc2c(sc3cc(-c4ccccc4)ccc32)c1-c1nc2ccccc2n1-c1ccccc1-c1ccccc1. The predicted octanol–water partition coefficient (Wildman–Crippen LogP) is 14.7. The van der Waals surface area contributed by atoms with Crippen LogP contribution in [0.4, 0.5) is 0 Å². The standard InChI is InChI=1S/C37H23N2S.C20H25N2Si.Ir/c1-3-12-25(13-4-1)27-22-23-29-30-17-11-18-31(36(30)40-35(29)24-27)37-38-32-19-8-10-21-34(32)39(37)33-20-9-7-16-28(33)26-14-5-2-6-15-26;1-14(2)11-18-12-19(17-9-7-16(13-21)8-10-17)22-15(3)20(18)23(4,5)6;/h1-17,19-24H;7-9,12,14H,11H2,1-6H3;/q2*-1;/i;3D3;. The molecule has 0 amide bonds. The second kappa shape index (κ2) is 18.8. The molecule has 10 aromatic rings. The minimum absolute atomic E-state index is 0. The Morgan fingerprint density at radius 3 is 2.17 bits per heavy atom. The maximum Gasteiger partial charge on any atom is 0.0802 e. The van der Waals surface area contributed by atoms with Crippen LogP contribution in [0, 0.1) is 36.2 Å².